The van der Waals surface area contributed by atoms with E-state index in [2.05, 4.69) is 5.32 Å². The minimum Gasteiger partial charge on any atom is -0.506 e. The standard InChI is InChI=1S/C13H11ClN2O3/c14-8-1-6-12(17)11(7-8)16-13(18)19-10-4-2-9(15)3-5-10/h1-7,17H,15H2,(H,16,18). The second kappa shape index (κ2) is 5.49. The van der Waals surface area contributed by atoms with Gasteiger partial charge in [-0.25, -0.2) is 4.79 Å². The number of phenols is 1. The highest BCUT2D eigenvalue weighted by atomic mass is 35.5. The first-order chi connectivity index (χ1) is 9.04. The number of anilines is 2. The molecule has 2 rings (SSSR count). The molecule has 0 radical (unpaired) electrons. The molecule has 4 N–H and O–H groups in total. The number of ether oxygens (including phenoxy) is 1. The summed E-state index contributed by atoms with van der Waals surface area (Å²) in [6, 6.07) is 10.6. The maximum Gasteiger partial charge on any atom is 0.417 e. The van der Waals surface area contributed by atoms with Crippen LogP contribution in [0, 0.1) is 0 Å². The van der Waals surface area contributed by atoms with E-state index in [-0.39, 0.29) is 11.4 Å². The molecule has 0 saturated carbocycles. The van der Waals surface area contributed by atoms with Crippen molar-refractivity contribution in [2.75, 3.05) is 11.1 Å². The van der Waals surface area contributed by atoms with Gasteiger partial charge < -0.3 is 15.6 Å². The minimum absolute atomic E-state index is 0.0985. The molecule has 0 aliphatic carbocycles. The van der Waals surface area contributed by atoms with Gasteiger partial charge in [0.05, 0.1) is 5.69 Å². The van der Waals surface area contributed by atoms with Crippen molar-refractivity contribution in [3.63, 3.8) is 0 Å². The van der Waals surface area contributed by atoms with Crippen molar-refractivity contribution in [2.45, 2.75) is 0 Å². The molecule has 1 amide bonds. The van der Waals surface area contributed by atoms with Gasteiger partial charge in [-0.05, 0) is 42.5 Å². The summed E-state index contributed by atoms with van der Waals surface area (Å²) in [5.74, 6) is 0.242. The van der Waals surface area contributed by atoms with Crippen LogP contribution in [0.2, 0.25) is 5.02 Å². The lowest BCUT2D eigenvalue weighted by atomic mass is 10.3. The molecular weight excluding hydrogens is 268 g/mol. The summed E-state index contributed by atoms with van der Waals surface area (Å²) in [7, 11) is 0. The number of nitrogens with one attached hydrogen (secondary N) is 1. The maximum absolute atomic E-state index is 11.6. The summed E-state index contributed by atoms with van der Waals surface area (Å²) in [4.78, 5) is 11.6. The normalized spacial score (nSPS) is 9.95. The van der Waals surface area contributed by atoms with Gasteiger partial charge in [0.2, 0.25) is 0 Å². The predicted molar refractivity (Wildman–Crippen MR) is 73.6 cm³/mol. The van der Waals surface area contributed by atoms with E-state index in [4.69, 9.17) is 22.1 Å². The van der Waals surface area contributed by atoms with Gasteiger partial charge in [0.25, 0.3) is 0 Å². The smallest absolute Gasteiger partial charge is 0.417 e. The summed E-state index contributed by atoms with van der Waals surface area (Å²) in [5.41, 5.74) is 6.26. The van der Waals surface area contributed by atoms with Crippen LogP contribution in [0.25, 0.3) is 0 Å². The number of halogens is 1. The van der Waals surface area contributed by atoms with E-state index in [1.807, 2.05) is 0 Å². The highest BCUT2D eigenvalue weighted by Gasteiger charge is 2.09. The molecule has 19 heavy (non-hydrogen) atoms. The largest absolute Gasteiger partial charge is 0.506 e. The van der Waals surface area contributed by atoms with Gasteiger partial charge >= 0.3 is 6.09 Å². The lowest BCUT2D eigenvalue weighted by Crippen LogP contribution is -2.16. The summed E-state index contributed by atoms with van der Waals surface area (Å²) in [6.45, 7) is 0. The molecule has 5 nitrogen and oxygen atoms in total. The van der Waals surface area contributed by atoms with E-state index in [0.29, 0.717) is 16.5 Å². The molecule has 98 valence electrons. The van der Waals surface area contributed by atoms with Crippen molar-refractivity contribution in [1.29, 1.82) is 0 Å². The van der Waals surface area contributed by atoms with E-state index >= 15 is 0 Å². The molecule has 0 spiro atoms. The molecule has 0 fully saturated rings. The molecule has 0 aliphatic heterocycles. The highest BCUT2D eigenvalue weighted by Crippen LogP contribution is 2.26. The fourth-order valence-corrected chi connectivity index (χ4v) is 1.56. The molecule has 0 atom stereocenters. The second-order valence-corrected chi connectivity index (χ2v) is 4.18. The van der Waals surface area contributed by atoms with Crippen LogP contribution in [0.15, 0.2) is 42.5 Å². The lowest BCUT2D eigenvalue weighted by molar-refractivity contribution is 0.215. The van der Waals surface area contributed by atoms with Crippen LogP contribution < -0.4 is 15.8 Å². The Morgan fingerprint density at radius 1 is 1.21 bits per heavy atom. The van der Waals surface area contributed by atoms with Crippen molar-refractivity contribution >= 4 is 29.1 Å². The number of nitrogen functional groups attached to an aromatic ring is 1. The zero-order valence-electron chi connectivity index (χ0n) is 9.76. The van der Waals surface area contributed by atoms with E-state index < -0.39 is 6.09 Å². The molecule has 0 heterocycles. The predicted octanol–water partition coefficient (Wildman–Crippen LogP) is 3.24. The molecule has 0 unspecified atom stereocenters. The van der Waals surface area contributed by atoms with E-state index in [1.54, 1.807) is 24.3 Å². The number of amides is 1. The van der Waals surface area contributed by atoms with Crippen LogP contribution in [0.1, 0.15) is 0 Å². The van der Waals surface area contributed by atoms with Crippen LogP contribution in [-0.2, 0) is 0 Å². The number of rotatable bonds is 2. The number of hydrogen-bond donors (Lipinski definition) is 3. The molecule has 2 aromatic carbocycles. The summed E-state index contributed by atoms with van der Waals surface area (Å²) >= 11 is 5.76. The Morgan fingerprint density at radius 2 is 1.89 bits per heavy atom. The Hall–Kier alpha value is -2.40. The number of nitrogens with two attached hydrogens (primary N) is 1. The summed E-state index contributed by atoms with van der Waals surface area (Å²) < 4.78 is 5.01. The fraction of sp³-hybridized carbons (Fsp3) is 0. The third-order valence-corrected chi connectivity index (χ3v) is 2.52. The third-order valence-electron chi connectivity index (χ3n) is 2.29. The Bertz CT molecular complexity index is 599. The SMILES string of the molecule is Nc1ccc(OC(=O)Nc2cc(Cl)ccc2O)cc1. The fourth-order valence-electron chi connectivity index (χ4n) is 1.39. The van der Waals surface area contributed by atoms with Crippen molar-refractivity contribution in [3.05, 3.63) is 47.5 Å². The summed E-state index contributed by atoms with van der Waals surface area (Å²) in [5, 5.41) is 12.3. The third kappa shape index (κ3) is 3.53. The van der Waals surface area contributed by atoms with Crippen molar-refractivity contribution in [2.24, 2.45) is 0 Å². The molecule has 0 aromatic heterocycles. The van der Waals surface area contributed by atoms with Crippen LogP contribution >= 0.6 is 11.6 Å². The quantitative estimate of drug-likeness (QED) is 0.581. The van der Waals surface area contributed by atoms with E-state index in [9.17, 15) is 9.90 Å². The first-order valence-corrected chi connectivity index (χ1v) is 5.75. The first-order valence-electron chi connectivity index (χ1n) is 5.37. The number of carbonyl (C=O) groups is 1. The number of phenolic OH excluding ortho intramolecular Hbond substituents is 1. The van der Waals surface area contributed by atoms with E-state index in [1.165, 1.54) is 18.2 Å². The van der Waals surface area contributed by atoms with Crippen LogP contribution in [-0.4, -0.2) is 11.2 Å². The molecular formula is C13H11ClN2O3. The number of carbonyl (C=O) groups excluding carboxylic acids is 1. The number of aromatic hydroxyl groups is 1. The van der Waals surface area contributed by atoms with Crippen molar-refractivity contribution in [3.8, 4) is 11.5 Å². The molecule has 0 aliphatic rings. The zero-order valence-corrected chi connectivity index (χ0v) is 10.5. The van der Waals surface area contributed by atoms with E-state index in [0.717, 1.165) is 0 Å². The first kappa shape index (κ1) is 13.0. The van der Waals surface area contributed by atoms with Crippen molar-refractivity contribution < 1.29 is 14.6 Å². The molecule has 6 heteroatoms. The Balaban J connectivity index is 2.05. The van der Waals surface area contributed by atoms with Crippen LogP contribution in [0.3, 0.4) is 0 Å². The summed E-state index contributed by atoms with van der Waals surface area (Å²) in [6.07, 6.45) is -0.734. The molecule has 2 aromatic rings. The van der Waals surface area contributed by atoms with Gasteiger partial charge in [-0.2, -0.15) is 0 Å². The second-order valence-electron chi connectivity index (χ2n) is 3.75. The van der Waals surface area contributed by atoms with Crippen molar-refractivity contribution in [1.82, 2.24) is 0 Å². The average molecular weight is 279 g/mol. The van der Waals surface area contributed by atoms with Crippen LogP contribution in [0.4, 0.5) is 16.2 Å². The average Bonchev–Trinajstić information content (AvgIpc) is 2.37. The maximum atomic E-state index is 11.6. The molecule has 0 saturated heterocycles. The topological polar surface area (TPSA) is 84.6 Å². The van der Waals surface area contributed by atoms with Gasteiger partial charge in [0, 0.05) is 10.7 Å². The Labute approximate surface area is 114 Å². The van der Waals surface area contributed by atoms with Gasteiger partial charge in [0.15, 0.2) is 0 Å². The number of benzene rings is 2. The minimum atomic E-state index is -0.734. The van der Waals surface area contributed by atoms with Gasteiger partial charge in [0.1, 0.15) is 11.5 Å². The van der Waals surface area contributed by atoms with Crippen LogP contribution in [0.5, 0.6) is 11.5 Å². The molecule has 0 bridgehead atoms. The Kier molecular flexibility index (Phi) is 3.77. The Morgan fingerprint density at radius 3 is 2.58 bits per heavy atom. The lowest BCUT2D eigenvalue weighted by Gasteiger charge is -2.08. The highest BCUT2D eigenvalue weighted by molar-refractivity contribution is 6.31. The van der Waals surface area contributed by atoms with Gasteiger partial charge in [-0.1, -0.05) is 11.6 Å². The number of hydrogen-bond acceptors (Lipinski definition) is 4. The zero-order chi connectivity index (χ0) is 13.8. The monoisotopic (exact) mass is 278 g/mol. The van der Waals surface area contributed by atoms with Gasteiger partial charge in [-0.15, -0.1) is 0 Å². The van der Waals surface area contributed by atoms with Gasteiger partial charge in [-0.3, -0.25) is 5.32 Å².